The number of hydrogen-bond acceptors (Lipinski definition) is 3. The van der Waals surface area contributed by atoms with Gasteiger partial charge < -0.3 is 14.8 Å². The summed E-state index contributed by atoms with van der Waals surface area (Å²) in [6, 6.07) is 5.34. The van der Waals surface area contributed by atoms with Crippen LogP contribution in [0.2, 0.25) is 0 Å². The molecule has 128 valence electrons. The Bertz CT molecular complexity index is 566. The molecular formula is C16H20F3NO3. The molecule has 23 heavy (non-hydrogen) atoms. The van der Waals surface area contributed by atoms with Gasteiger partial charge in [-0.05, 0) is 30.5 Å². The molecule has 0 radical (unpaired) electrons. The van der Waals surface area contributed by atoms with Crippen molar-refractivity contribution in [2.75, 3.05) is 20.8 Å². The highest BCUT2D eigenvalue weighted by atomic mass is 19.4. The van der Waals surface area contributed by atoms with Gasteiger partial charge >= 0.3 is 12.1 Å². The summed E-state index contributed by atoms with van der Waals surface area (Å²) in [6.07, 6.45) is -1.59. The number of alkyl halides is 3. The number of methoxy groups -OCH3 is 2. The minimum atomic E-state index is -4.86. The molecule has 0 unspecified atom stereocenters. The molecule has 1 aromatic carbocycles. The molecule has 0 saturated heterocycles. The molecule has 1 aromatic rings. The maximum Gasteiger partial charge on any atom is 0.471 e. The van der Waals surface area contributed by atoms with E-state index >= 15 is 0 Å². The molecule has 1 N–H and O–H groups in total. The summed E-state index contributed by atoms with van der Waals surface area (Å²) in [5, 5.41) is 2.03. The predicted molar refractivity (Wildman–Crippen MR) is 78.8 cm³/mol. The lowest BCUT2D eigenvalue weighted by atomic mass is 9.78. The standard InChI is InChI=1S/C16H20F3NO3/c1-22-12-6-5-11(9-13(12)23-2)15(7-3-4-8-15)10-20-14(21)16(17,18)19/h5-6,9H,3-4,7-8,10H2,1-2H3,(H,20,21). The average Bonchev–Trinajstić information content (AvgIpc) is 3.01. The summed E-state index contributed by atoms with van der Waals surface area (Å²) >= 11 is 0. The highest BCUT2D eigenvalue weighted by Gasteiger charge is 2.42. The highest BCUT2D eigenvalue weighted by Crippen LogP contribution is 2.43. The van der Waals surface area contributed by atoms with Crippen LogP contribution < -0.4 is 14.8 Å². The van der Waals surface area contributed by atoms with Gasteiger partial charge in [0.15, 0.2) is 11.5 Å². The summed E-state index contributed by atoms with van der Waals surface area (Å²) in [5.74, 6) is -0.814. The number of rotatable bonds is 5. The van der Waals surface area contributed by atoms with E-state index in [2.05, 4.69) is 0 Å². The quantitative estimate of drug-likeness (QED) is 0.901. The van der Waals surface area contributed by atoms with Crippen LogP contribution in [-0.2, 0) is 10.2 Å². The molecule has 0 atom stereocenters. The second kappa shape index (κ2) is 6.68. The zero-order chi connectivity index (χ0) is 17.1. The lowest BCUT2D eigenvalue weighted by Crippen LogP contribution is -2.44. The second-order valence-corrected chi connectivity index (χ2v) is 5.74. The Morgan fingerprint density at radius 1 is 1.17 bits per heavy atom. The predicted octanol–water partition coefficient (Wildman–Crippen LogP) is 3.19. The van der Waals surface area contributed by atoms with E-state index < -0.39 is 17.5 Å². The van der Waals surface area contributed by atoms with Gasteiger partial charge in [-0.3, -0.25) is 4.79 Å². The number of carbonyl (C=O) groups excluding carboxylic acids is 1. The molecule has 0 spiro atoms. The van der Waals surface area contributed by atoms with E-state index in [1.54, 1.807) is 12.1 Å². The van der Waals surface area contributed by atoms with Crippen molar-refractivity contribution in [1.82, 2.24) is 5.32 Å². The van der Waals surface area contributed by atoms with E-state index in [1.165, 1.54) is 14.2 Å². The minimum Gasteiger partial charge on any atom is -0.493 e. The average molecular weight is 331 g/mol. The van der Waals surface area contributed by atoms with E-state index in [4.69, 9.17) is 9.47 Å². The number of hydrogen-bond donors (Lipinski definition) is 1. The fraction of sp³-hybridized carbons (Fsp3) is 0.562. The van der Waals surface area contributed by atoms with E-state index in [-0.39, 0.29) is 6.54 Å². The summed E-state index contributed by atoms with van der Waals surface area (Å²) in [4.78, 5) is 11.1. The smallest absolute Gasteiger partial charge is 0.471 e. The van der Waals surface area contributed by atoms with Crippen molar-refractivity contribution >= 4 is 5.91 Å². The van der Waals surface area contributed by atoms with Crippen molar-refractivity contribution in [1.29, 1.82) is 0 Å². The number of nitrogens with one attached hydrogen (secondary N) is 1. The maximum absolute atomic E-state index is 12.4. The number of halogens is 3. The fourth-order valence-electron chi connectivity index (χ4n) is 3.14. The molecule has 1 aliphatic carbocycles. The third kappa shape index (κ3) is 3.71. The van der Waals surface area contributed by atoms with Crippen molar-refractivity contribution in [2.45, 2.75) is 37.3 Å². The SMILES string of the molecule is COc1ccc(C2(CNC(=O)C(F)(F)F)CCCC2)cc1OC. The van der Waals surface area contributed by atoms with Gasteiger partial charge in [-0.15, -0.1) is 0 Å². The first-order valence-electron chi connectivity index (χ1n) is 7.40. The number of benzene rings is 1. The van der Waals surface area contributed by atoms with Crippen molar-refractivity contribution < 1.29 is 27.4 Å². The minimum absolute atomic E-state index is 0.0408. The Labute approximate surface area is 133 Å². The van der Waals surface area contributed by atoms with Crippen molar-refractivity contribution in [3.8, 4) is 11.5 Å². The molecule has 1 aliphatic rings. The third-order valence-corrected chi connectivity index (χ3v) is 4.40. The Morgan fingerprint density at radius 2 is 1.78 bits per heavy atom. The Hall–Kier alpha value is -1.92. The summed E-state index contributed by atoms with van der Waals surface area (Å²) < 4.78 is 47.7. The van der Waals surface area contributed by atoms with Crippen LogP contribution >= 0.6 is 0 Å². The third-order valence-electron chi connectivity index (χ3n) is 4.40. The van der Waals surface area contributed by atoms with Gasteiger partial charge in [0.2, 0.25) is 0 Å². The maximum atomic E-state index is 12.4. The van der Waals surface area contributed by atoms with E-state index in [1.807, 2.05) is 11.4 Å². The Kier molecular flexibility index (Phi) is 5.06. The first kappa shape index (κ1) is 17.4. The van der Waals surface area contributed by atoms with Crippen LogP contribution in [0.5, 0.6) is 11.5 Å². The molecule has 1 saturated carbocycles. The van der Waals surface area contributed by atoms with Gasteiger partial charge in [-0.2, -0.15) is 13.2 Å². The molecule has 0 bridgehead atoms. The molecule has 0 heterocycles. The summed E-state index contributed by atoms with van der Waals surface area (Å²) in [6.45, 7) is -0.0408. The Balaban J connectivity index is 2.25. The number of carbonyl (C=O) groups is 1. The summed E-state index contributed by atoms with van der Waals surface area (Å²) in [5.41, 5.74) is 0.357. The lowest BCUT2D eigenvalue weighted by molar-refractivity contribution is -0.173. The first-order chi connectivity index (χ1) is 10.8. The molecule has 0 aliphatic heterocycles. The molecule has 1 amide bonds. The van der Waals surface area contributed by atoms with Crippen LogP contribution in [0.1, 0.15) is 31.2 Å². The molecule has 1 fully saturated rings. The van der Waals surface area contributed by atoms with Crippen LogP contribution in [0.4, 0.5) is 13.2 Å². The fourth-order valence-corrected chi connectivity index (χ4v) is 3.14. The van der Waals surface area contributed by atoms with Crippen molar-refractivity contribution in [2.24, 2.45) is 0 Å². The molecule has 0 aromatic heterocycles. The van der Waals surface area contributed by atoms with Crippen LogP contribution in [0.25, 0.3) is 0 Å². The monoisotopic (exact) mass is 331 g/mol. The Morgan fingerprint density at radius 3 is 2.30 bits per heavy atom. The zero-order valence-corrected chi connectivity index (χ0v) is 13.1. The number of amides is 1. The normalized spacial score (nSPS) is 16.9. The van der Waals surface area contributed by atoms with Crippen LogP contribution in [0, 0.1) is 0 Å². The van der Waals surface area contributed by atoms with Crippen LogP contribution in [0.15, 0.2) is 18.2 Å². The second-order valence-electron chi connectivity index (χ2n) is 5.74. The molecule has 7 heteroatoms. The molecule has 4 nitrogen and oxygen atoms in total. The lowest BCUT2D eigenvalue weighted by Gasteiger charge is -2.30. The van der Waals surface area contributed by atoms with Crippen molar-refractivity contribution in [3.05, 3.63) is 23.8 Å². The van der Waals surface area contributed by atoms with E-state index in [9.17, 15) is 18.0 Å². The van der Waals surface area contributed by atoms with Gasteiger partial charge in [-0.1, -0.05) is 18.9 Å². The van der Waals surface area contributed by atoms with E-state index in [0.717, 1.165) is 31.2 Å². The van der Waals surface area contributed by atoms with Gasteiger partial charge in [-0.25, -0.2) is 0 Å². The molecule has 2 rings (SSSR count). The van der Waals surface area contributed by atoms with Gasteiger partial charge in [0.05, 0.1) is 14.2 Å². The topological polar surface area (TPSA) is 47.6 Å². The highest BCUT2D eigenvalue weighted by molar-refractivity contribution is 5.81. The van der Waals surface area contributed by atoms with Crippen LogP contribution in [-0.4, -0.2) is 32.8 Å². The van der Waals surface area contributed by atoms with Gasteiger partial charge in [0.25, 0.3) is 0 Å². The first-order valence-corrected chi connectivity index (χ1v) is 7.40. The largest absolute Gasteiger partial charge is 0.493 e. The van der Waals surface area contributed by atoms with E-state index in [0.29, 0.717) is 11.5 Å². The van der Waals surface area contributed by atoms with Gasteiger partial charge in [0, 0.05) is 12.0 Å². The van der Waals surface area contributed by atoms with Crippen molar-refractivity contribution in [3.63, 3.8) is 0 Å². The summed E-state index contributed by atoms with van der Waals surface area (Å²) in [7, 11) is 3.03. The van der Waals surface area contributed by atoms with Gasteiger partial charge in [0.1, 0.15) is 0 Å². The number of ether oxygens (including phenoxy) is 2. The zero-order valence-electron chi connectivity index (χ0n) is 13.1. The van der Waals surface area contributed by atoms with Crippen LogP contribution in [0.3, 0.4) is 0 Å². The molecular weight excluding hydrogens is 311 g/mol.